The molecular weight excluding hydrogens is 220 g/mol. The fourth-order valence-corrected chi connectivity index (χ4v) is 2.10. The second kappa shape index (κ2) is 4.90. The first kappa shape index (κ1) is 11.5. The van der Waals surface area contributed by atoms with Crippen molar-refractivity contribution in [2.24, 2.45) is 5.92 Å². The molecule has 2 rings (SSSR count). The molecule has 1 aromatic rings. The van der Waals surface area contributed by atoms with Crippen LogP contribution in [0.2, 0.25) is 0 Å². The number of aromatic nitrogens is 1. The average molecular weight is 236 g/mol. The first-order valence-electron chi connectivity index (χ1n) is 5.58. The minimum Gasteiger partial charge on any atom is -0.465 e. The number of anilines is 2. The highest BCUT2D eigenvalue weighted by Crippen LogP contribution is 2.23. The van der Waals surface area contributed by atoms with Gasteiger partial charge in [0.15, 0.2) is 0 Å². The summed E-state index contributed by atoms with van der Waals surface area (Å²) in [6.07, 6.45) is 1.72. The van der Waals surface area contributed by atoms with Crippen LogP contribution in [0.25, 0.3) is 0 Å². The van der Waals surface area contributed by atoms with Crippen LogP contribution in [0.5, 0.6) is 0 Å². The van der Waals surface area contributed by atoms with Crippen molar-refractivity contribution in [1.29, 1.82) is 0 Å². The molecule has 0 aromatic carbocycles. The Bertz CT molecular complexity index is 410. The third-order valence-corrected chi connectivity index (χ3v) is 2.96. The van der Waals surface area contributed by atoms with Gasteiger partial charge in [-0.2, -0.15) is 0 Å². The van der Waals surface area contributed by atoms with Gasteiger partial charge in [-0.25, -0.2) is 9.78 Å². The molecule has 6 heteroatoms. The molecule has 1 aliphatic heterocycles. The van der Waals surface area contributed by atoms with Crippen LogP contribution in [0.4, 0.5) is 16.3 Å². The summed E-state index contributed by atoms with van der Waals surface area (Å²) in [6.45, 7) is 2.28. The van der Waals surface area contributed by atoms with Gasteiger partial charge >= 0.3 is 6.09 Å². The van der Waals surface area contributed by atoms with Crippen LogP contribution in [0.1, 0.15) is 6.42 Å². The Labute approximate surface area is 99.4 Å². The molecular formula is C11H16N4O2. The zero-order valence-corrected chi connectivity index (χ0v) is 9.47. The Balaban J connectivity index is 1.91. The van der Waals surface area contributed by atoms with E-state index in [1.54, 1.807) is 6.20 Å². The summed E-state index contributed by atoms with van der Waals surface area (Å²) in [5.41, 5.74) is 6.68. The Hall–Kier alpha value is -1.98. The van der Waals surface area contributed by atoms with E-state index >= 15 is 0 Å². The number of rotatable bonds is 3. The Kier molecular flexibility index (Phi) is 3.32. The van der Waals surface area contributed by atoms with E-state index < -0.39 is 6.09 Å². The number of nitrogen functional groups attached to an aromatic ring is 1. The first-order chi connectivity index (χ1) is 8.15. The fraction of sp³-hybridized carbons (Fsp3) is 0.455. The Morgan fingerprint density at radius 1 is 1.71 bits per heavy atom. The second-order valence-electron chi connectivity index (χ2n) is 4.23. The highest BCUT2D eigenvalue weighted by Gasteiger charge is 2.23. The Morgan fingerprint density at radius 3 is 3.24 bits per heavy atom. The minimum absolute atomic E-state index is 0.362. The number of hydrogen-bond donors (Lipinski definition) is 3. The van der Waals surface area contributed by atoms with Crippen molar-refractivity contribution < 1.29 is 9.90 Å². The number of nitrogens with zero attached hydrogens (tertiary/aromatic N) is 2. The van der Waals surface area contributed by atoms with Gasteiger partial charge in [0.05, 0.1) is 0 Å². The van der Waals surface area contributed by atoms with E-state index in [-0.39, 0.29) is 0 Å². The van der Waals surface area contributed by atoms with Gasteiger partial charge in [0.25, 0.3) is 0 Å². The molecule has 0 aliphatic carbocycles. The summed E-state index contributed by atoms with van der Waals surface area (Å²) in [5.74, 6) is 0.870. The molecule has 1 atom stereocenters. The molecule has 17 heavy (non-hydrogen) atoms. The third-order valence-electron chi connectivity index (χ3n) is 2.96. The molecule has 92 valence electrons. The van der Waals surface area contributed by atoms with Crippen molar-refractivity contribution in [3.8, 4) is 0 Å². The smallest absolute Gasteiger partial charge is 0.404 e. The van der Waals surface area contributed by atoms with E-state index in [1.165, 1.54) is 0 Å². The van der Waals surface area contributed by atoms with Gasteiger partial charge in [-0.3, -0.25) is 0 Å². The number of hydrogen-bond acceptors (Lipinski definition) is 4. The van der Waals surface area contributed by atoms with Crippen LogP contribution in [-0.2, 0) is 0 Å². The van der Waals surface area contributed by atoms with Gasteiger partial charge in [0, 0.05) is 37.6 Å². The monoisotopic (exact) mass is 236 g/mol. The number of pyridine rings is 1. The zero-order chi connectivity index (χ0) is 12.3. The number of nitrogens with one attached hydrogen (secondary N) is 1. The maximum Gasteiger partial charge on any atom is 0.404 e. The fourth-order valence-electron chi connectivity index (χ4n) is 2.10. The van der Waals surface area contributed by atoms with Gasteiger partial charge in [-0.15, -0.1) is 0 Å². The SMILES string of the molecule is Nc1cc(N2CCC(CNC(=O)O)C2)ccn1. The summed E-state index contributed by atoms with van der Waals surface area (Å²) in [6, 6.07) is 3.76. The van der Waals surface area contributed by atoms with Crippen LogP contribution >= 0.6 is 0 Å². The van der Waals surface area contributed by atoms with Crippen molar-refractivity contribution in [2.75, 3.05) is 30.3 Å². The van der Waals surface area contributed by atoms with E-state index in [0.717, 1.165) is 25.2 Å². The summed E-state index contributed by atoms with van der Waals surface area (Å²) >= 11 is 0. The summed E-state index contributed by atoms with van der Waals surface area (Å²) in [5, 5.41) is 11.0. The Morgan fingerprint density at radius 2 is 2.53 bits per heavy atom. The molecule has 1 aromatic heterocycles. The lowest BCUT2D eigenvalue weighted by atomic mass is 10.1. The number of nitrogens with two attached hydrogens (primary N) is 1. The largest absolute Gasteiger partial charge is 0.465 e. The van der Waals surface area contributed by atoms with Gasteiger partial charge in [-0.05, 0) is 18.4 Å². The number of carboxylic acid groups (broad SMARTS) is 1. The van der Waals surface area contributed by atoms with Gasteiger partial charge in [-0.1, -0.05) is 0 Å². The molecule has 1 amide bonds. The quantitative estimate of drug-likeness (QED) is 0.720. The predicted molar refractivity (Wildman–Crippen MR) is 65.0 cm³/mol. The normalized spacial score (nSPS) is 19.3. The molecule has 1 saturated heterocycles. The first-order valence-corrected chi connectivity index (χ1v) is 5.58. The molecule has 1 fully saturated rings. The highest BCUT2D eigenvalue weighted by atomic mass is 16.4. The van der Waals surface area contributed by atoms with Crippen molar-refractivity contribution >= 4 is 17.6 Å². The maximum atomic E-state index is 10.4. The molecule has 4 N–H and O–H groups in total. The molecule has 1 aliphatic rings. The molecule has 0 radical (unpaired) electrons. The maximum absolute atomic E-state index is 10.4. The number of carbonyl (C=O) groups is 1. The molecule has 6 nitrogen and oxygen atoms in total. The van der Waals surface area contributed by atoms with E-state index in [9.17, 15) is 4.79 Å². The minimum atomic E-state index is -0.961. The summed E-state index contributed by atoms with van der Waals surface area (Å²) in [4.78, 5) is 16.6. The van der Waals surface area contributed by atoms with Crippen LogP contribution in [-0.4, -0.2) is 35.8 Å². The van der Waals surface area contributed by atoms with Gasteiger partial charge in [0.2, 0.25) is 0 Å². The summed E-state index contributed by atoms with van der Waals surface area (Å²) < 4.78 is 0. The van der Waals surface area contributed by atoms with Gasteiger partial charge < -0.3 is 21.1 Å². The van der Waals surface area contributed by atoms with Crippen LogP contribution in [0.15, 0.2) is 18.3 Å². The van der Waals surface area contributed by atoms with E-state index in [4.69, 9.17) is 10.8 Å². The topological polar surface area (TPSA) is 91.5 Å². The van der Waals surface area contributed by atoms with Gasteiger partial charge in [0.1, 0.15) is 5.82 Å². The molecule has 1 unspecified atom stereocenters. The van der Waals surface area contributed by atoms with E-state index in [0.29, 0.717) is 18.3 Å². The summed E-state index contributed by atoms with van der Waals surface area (Å²) in [7, 11) is 0. The van der Waals surface area contributed by atoms with Crippen molar-refractivity contribution in [3.05, 3.63) is 18.3 Å². The molecule has 0 spiro atoms. The van der Waals surface area contributed by atoms with Crippen molar-refractivity contribution in [1.82, 2.24) is 10.3 Å². The molecule has 2 heterocycles. The predicted octanol–water partition coefficient (Wildman–Crippen LogP) is 0.758. The molecule has 0 saturated carbocycles. The van der Waals surface area contributed by atoms with E-state index in [2.05, 4.69) is 15.2 Å². The van der Waals surface area contributed by atoms with Crippen LogP contribution in [0.3, 0.4) is 0 Å². The zero-order valence-electron chi connectivity index (χ0n) is 9.47. The van der Waals surface area contributed by atoms with Crippen LogP contribution < -0.4 is 16.0 Å². The van der Waals surface area contributed by atoms with E-state index in [1.807, 2.05) is 12.1 Å². The highest BCUT2D eigenvalue weighted by molar-refractivity contribution is 5.64. The lowest BCUT2D eigenvalue weighted by molar-refractivity contribution is 0.192. The second-order valence-corrected chi connectivity index (χ2v) is 4.23. The number of amides is 1. The molecule has 0 bridgehead atoms. The standard InChI is InChI=1S/C11H16N4O2/c12-10-5-9(1-3-13-10)15-4-2-8(7-15)6-14-11(16)17/h1,3,5,8,14H,2,4,6-7H2,(H2,12,13)(H,16,17). The van der Waals surface area contributed by atoms with Crippen molar-refractivity contribution in [3.63, 3.8) is 0 Å². The lowest BCUT2D eigenvalue weighted by Gasteiger charge is -2.18. The van der Waals surface area contributed by atoms with Crippen molar-refractivity contribution in [2.45, 2.75) is 6.42 Å². The third kappa shape index (κ3) is 2.99. The lowest BCUT2D eigenvalue weighted by Crippen LogP contribution is -2.29. The van der Waals surface area contributed by atoms with Crippen LogP contribution in [0, 0.1) is 5.92 Å². The average Bonchev–Trinajstić information content (AvgIpc) is 2.75.